The average molecular weight is 1080 g/mol. The van der Waals surface area contributed by atoms with Gasteiger partial charge in [0.1, 0.15) is 16.7 Å². The van der Waals surface area contributed by atoms with Gasteiger partial charge in [0.25, 0.3) is 0 Å². The number of aryl methyl sites for hydroxylation is 1. The molecule has 0 N–H and O–H groups in total. The predicted molar refractivity (Wildman–Crippen MR) is 283 cm³/mol. The minimum Gasteiger partial charge on any atom is -0.501 e. The second-order valence-electron chi connectivity index (χ2n) is 19.4. The number of aromatic nitrogens is 3. The van der Waals surface area contributed by atoms with E-state index in [1.807, 2.05) is 42.6 Å². The summed E-state index contributed by atoms with van der Waals surface area (Å²) in [4.78, 5) is 9.89. The van der Waals surface area contributed by atoms with Crippen LogP contribution >= 0.6 is 0 Å². The summed E-state index contributed by atoms with van der Waals surface area (Å²) in [6.45, 7) is 13.5. The summed E-state index contributed by atoms with van der Waals surface area (Å²) in [5.41, 5.74) is 15.5. The third-order valence-corrected chi connectivity index (χ3v) is 13.2. The van der Waals surface area contributed by atoms with Crippen molar-refractivity contribution in [3.8, 4) is 39.5 Å². The molecule has 0 unspecified atom stereocenters. The number of para-hydroxylation sites is 1. The van der Waals surface area contributed by atoms with Gasteiger partial charge < -0.3 is 18.4 Å². The van der Waals surface area contributed by atoms with Crippen LogP contribution < -0.4 is 0 Å². The minimum absolute atomic E-state index is 0. The molecule has 1 radical (unpaired) electrons. The molecule has 69 heavy (non-hydrogen) atoms. The zero-order valence-corrected chi connectivity index (χ0v) is 42.1. The quantitative estimate of drug-likeness (QED) is 0.156. The predicted octanol–water partition coefficient (Wildman–Crippen LogP) is 17.5. The molecular weight excluding hydrogens is 1020 g/mol. The third kappa shape index (κ3) is 8.26. The molecule has 0 amide bonds. The van der Waals surface area contributed by atoms with Gasteiger partial charge in [-0.2, -0.15) is 0 Å². The Morgan fingerprint density at radius 2 is 1.32 bits per heavy atom. The van der Waals surface area contributed by atoms with Crippen LogP contribution in [0.5, 0.6) is 0 Å². The van der Waals surface area contributed by atoms with E-state index in [2.05, 4.69) is 173 Å². The van der Waals surface area contributed by atoms with Crippen LogP contribution in [0.25, 0.3) is 105 Å². The van der Waals surface area contributed by atoms with E-state index in [4.69, 9.17) is 17.9 Å². The molecule has 0 aliphatic rings. The van der Waals surface area contributed by atoms with Crippen molar-refractivity contribution in [2.24, 2.45) is 0 Å². The Kier molecular flexibility index (Phi) is 11.0. The van der Waals surface area contributed by atoms with Gasteiger partial charge in [-0.05, 0) is 92.5 Å². The number of hydrogen-bond donors (Lipinski definition) is 0. The number of fused-ring (bicyclic) bond motifs is 9. The molecule has 0 saturated carbocycles. The Labute approximate surface area is 421 Å². The zero-order valence-electron chi connectivity index (χ0n) is 42.7. The molecule has 4 heterocycles. The maximum absolute atomic E-state index is 7.34. The van der Waals surface area contributed by atoms with Crippen LogP contribution in [0.4, 0.5) is 0 Å². The largest absolute Gasteiger partial charge is 0.501 e. The summed E-state index contributed by atoms with van der Waals surface area (Å²) in [5, 5.41) is 6.49. The van der Waals surface area contributed by atoms with Crippen molar-refractivity contribution in [1.29, 1.82) is 0 Å². The molecule has 0 fully saturated rings. The van der Waals surface area contributed by atoms with E-state index in [0.29, 0.717) is 5.56 Å². The number of benzene rings is 8. The fourth-order valence-electron chi connectivity index (χ4n) is 9.55. The number of furan rings is 2. The molecule has 0 atom stereocenters. The molecule has 0 spiro atoms. The van der Waals surface area contributed by atoms with Gasteiger partial charge in [-0.1, -0.05) is 157 Å². The molecule has 0 bridgehead atoms. The van der Waals surface area contributed by atoms with Gasteiger partial charge >= 0.3 is 0 Å². The normalized spacial score (nSPS) is 12.7. The van der Waals surface area contributed by atoms with E-state index in [0.717, 1.165) is 82.9 Å². The van der Waals surface area contributed by atoms with Gasteiger partial charge in [-0.3, -0.25) is 4.98 Å². The monoisotopic (exact) mass is 1080 g/mol. The summed E-state index contributed by atoms with van der Waals surface area (Å²) in [6.07, 6.45) is 1.86. The van der Waals surface area contributed by atoms with Gasteiger partial charge in [-0.25, -0.2) is 0 Å². The van der Waals surface area contributed by atoms with Crippen LogP contribution in [0.2, 0.25) is 0 Å². The molecule has 0 aliphatic heterocycles. The van der Waals surface area contributed by atoms with Crippen molar-refractivity contribution in [2.45, 2.75) is 72.6 Å². The van der Waals surface area contributed by atoms with Crippen LogP contribution in [-0.4, -0.2) is 14.5 Å². The molecule has 12 aromatic rings. The summed E-state index contributed by atoms with van der Waals surface area (Å²) in [7, 11) is 0. The first-order valence-corrected chi connectivity index (χ1v) is 23.4. The molecule has 0 aliphatic carbocycles. The summed E-state index contributed by atoms with van der Waals surface area (Å²) >= 11 is 0. The van der Waals surface area contributed by atoms with E-state index in [1.165, 1.54) is 45.0 Å². The van der Waals surface area contributed by atoms with Crippen molar-refractivity contribution in [3.05, 3.63) is 198 Å². The van der Waals surface area contributed by atoms with E-state index in [-0.39, 0.29) is 37.4 Å². The van der Waals surface area contributed by atoms with Crippen LogP contribution in [0, 0.1) is 19.0 Å². The molecule has 12 rings (SSSR count). The maximum atomic E-state index is 7.34. The molecule has 8 aromatic carbocycles. The van der Waals surface area contributed by atoms with Crippen LogP contribution in [0.15, 0.2) is 173 Å². The van der Waals surface area contributed by atoms with E-state index >= 15 is 0 Å². The SMILES string of the molecule is CC(C)c1cc(-c2ccccc2)cc(C(C)C)c1-n1c(-c2[c-]ccc3c2oc2cc4c(cc23)oc2ccccc24)nc2ccc3ccccc3c21.[2H]C([2H])([2H])c1c[c-]c(-c2ccc(C(C)(C)C)cn2)cc1.[Ir]. The molecule has 343 valence electrons. The fourth-order valence-corrected chi connectivity index (χ4v) is 9.55. The van der Waals surface area contributed by atoms with E-state index in [9.17, 15) is 0 Å². The number of nitrogens with zero attached hydrogens (tertiary/aromatic N) is 3. The minimum atomic E-state index is -2.08. The Morgan fingerprint density at radius 3 is 2.00 bits per heavy atom. The Hall–Kier alpha value is -7.11. The topological polar surface area (TPSA) is 57.0 Å². The second-order valence-corrected chi connectivity index (χ2v) is 19.4. The standard InChI is InChI=1S/C47H35N2O2.C16H18N.Ir/c1-27(2)36-23-31(29-13-6-5-7-14-29)24-37(28(3)4)44(36)49-45-32-16-9-8-15-30(32)21-22-40(45)48-47(49)35-19-12-18-34-39-26-42-38(25-43(39)51-46(34)35)33-17-10-11-20-41(33)50-42;1-12-5-7-13(8-6-12)15-10-9-14(11-17-15)16(2,3)4;/h5-18,20-28H,1-4H3;5-7,9-11H,1-4H3;/q2*-1;/i;1D3;. The van der Waals surface area contributed by atoms with Gasteiger partial charge in [0, 0.05) is 57.6 Å². The molecule has 0 saturated heterocycles. The first-order chi connectivity index (χ1) is 34.1. The van der Waals surface area contributed by atoms with Gasteiger partial charge in [-0.15, -0.1) is 53.6 Å². The summed E-state index contributed by atoms with van der Waals surface area (Å²) in [5.74, 6) is 1.31. The average Bonchev–Trinajstić information content (AvgIpc) is 4.06. The van der Waals surface area contributed by atoms with Gasteiger partial charge in [0.05, 0.1) is 22.4 Å². The van der Waals surface area contributed by atoms with Gasteiger partial charge in [0.15, 0.2) is 0 Å². The van der Waals surface area contributed by atoms with Crippen molar-refractivity contribution in [2.75, 3.05) is 0 Å². The third-order valence-electron chi connectivity index (χ3n) is 13.2. The van der Waals surface area contributed by atoms with Crippen molar-refractivity contribution in [3.63, 3.8) is 0 Å². The van der Waals surface area contributed by atoms with E-state index in [1.54, 1.807) is 12.1 Å². The molecular formula is C63H53IrN3O2-2. The van der Waals surface area contributed by atoms with E-state index < -0.39 is 6.85 Å². The number of rotatable bonds is 6. The second kappa shape index (κ2) is 18.1. The first-order valence-electron chi connectivity index (χ1n) is 24.9. The first kappa shape index (κ1) is 42.0. The summed E-state index contributed by atoms with van der Waals surface area (Å²) in [6, 6.07) is 60.4. The smallest absolute Gasteiger partial charge is 0.136 e. The van der Waals surface area contributed by atoms with Gasteiger partial charge in [0.2, 0.25) is 0 Å². The Balaban J connectivity index is 0.000000240. The number of hydrogen-bond acceptors (Lipinski definition) is 4. The van der Waals surface area contributed by atoms with Crippen LogP contribution in [-0.2, 0) is 25.5 Å². The maximum Gasteiger partial charge on any atom is 0.136 e. The van der Waals surface area contributed by atoms with Crippen LogP contribution in [0.1, 0.15) is 86.7 Å². The molecule has 5 nitrogen and oxygen atoms in total. The number of pyridine rings is 1. The van der Waals surface area contributed by atoms with Crippen LogP contribution in [0.3, 0.4) is 0 Å². The summed E-state index contributed by atoms with van der Waals surface area (Å²) < 4.78 is 37.6. The molecule has 6 heteroatoms. The van der Waals surface area contributed by atoms with Crippen molar-refractivity contribution < 1.29 is 33.1 Å². The Bertz CT molecular complexity index is 3870. The number of imidazole rings is 1. The fraction of sp³-hybridized carbons (Fsp3) is 0.175. The van der Waals surface area contributed by atoms with Crippen molar-refractivity contribution >= 4 is 65.7 Å². The Morgan fingerprint density at radius 1 is 0.623 bits per heavy atom. The zero-order chi connectivity index (χ0) is 49.3. The molecule has 4 aromatic heterocycles. The van der Waals surface area contributed by atoms with Crippen molar-refractivity contribution in [1.82, 2.24) is 14.5 Å².